The number of anilines is 6. The van der Waals surface area contributed by atoms with Crippen LogP contribution in [-0.4, -0.2) is 4.57 Å². The van der Waals surface area contributed by atoms with E-state index in [0.29, 0.717) is 0 Å². The maximum atomic E-state index is 7.02. The Hall–Kier alpha value is -10.6. The highest BCUT2D eigenvalue weighted by molar-refractivity contribution is 6.22. The molecule has 0 saturated heterocycles. The molecule has 0 saturated carbocycles. The monoisotopic (exact) mass is 1050 g/mol. The van der Waals surface area contributed by atoms with E-state index in [0.717, 1.165) is 99.9 Å². The standard InChI is InChI=1S/C77H49N3O2/c1-46-22-3-13-36-62(46)78(66-40-20-32-56-51-27-10-17-42-70(51)81-75(56)66)68-44-60-72(53-29-7-5-24-48(53)68)73-54-30-8-6-25-49(54)69(79(63-37-14-4-23-47(63)2)67-41-21-33-57-52-28-11-18-43-71(52)82-76(57)67)45-61(73)77(60)58-34-12-16-39-65(58)80-64-38-15-9-26-50(64)55-31-19-35-59(77)74(55)80/h3-45H,1-2H3. The molecule has 1 spiro atoms. The van der Waals surface area contributed by atoms with E-state index in [-0.39, 0.29) is 0 Å². The van der Waals surface area contributed by atoms with Crippen molar-refractivity contribution in [2.45, 2.75) is 19.3 Å². The van der Waals surface area contributed by atoms with Gasteiger partial charge in [-0.1, -0.05) is 200 Å². The molecule has 0 N–H and O–H groups in total. The molecule has 3 aromatic heterocycles. The smallest absolute Gasteiger partial charge is 0.159 e. The number of furan rings is 2. The minimum atomic E-state index is -0.867. The van der Waals surface area contributed by atoms with Gasteiger partial charge in [0.2, 0.25) is 0 Å². The third kappa shape index (κ3) is 5.86. The van der Waals surface area contributed by atoms with Crippen LogP contribution in [0.4, 0.5) is 34.1 Å². The molecule has 1 aliphatic carbocycles. The first-order chi connectivity index (χ1) is 40.6. The predicted octanol–water partition coefficient (Wildman–Crippen LogP) is 21.1. The number of benzene rings is 13. The summed E-state index contributed by atoms with van der Waals surface area (Å²) in [7, 11) is 0. The highest BCUT2D eigenvalue weighted by Gasteiger charge is 2.53. The number of aryl methyl sites for hydroxylation is 2. The van der Waals surface area contributed by atoms with Crippen molar-refractivity contribution in [1.82, 2.24) is 4.57 Å². The van der Waals surface area contributed by atoms with Crippen LogP contribution < -0.4 is 9.80 Å². The molecule has 0 atom stereocenters. The van der Waals surface area contributed by atoms with Crippen molar-refractivity contribution in [2.75, 3.05) is 9.80 Å². The van der Waals surface area contributed by atoms with Crippen LogP contribution in [0.15, 0.2) is 270 Å². The zero-order chi connectivity index (χ0) is 53.9. The van der Waals surface area contributed by atoms with Gasteiger partial charge in [-0.2, -0.15) is 0 Å². The van der Waals surface area contributed by atoms with E-state index < -0.39 is 5.41 Å². The molecule has 1 aliphatic heterocycles. The summed E-state index contributed by atoms with van der Waals surface area (Å²) in [5, 5.41) is 11.5. The minimum Gasteiger partial charge on any atom is -0.454 e. The Kier molecular flexibility index (Phi) is 9.23. The zero-order valence-corrected chi connectivity index (χ0v) is 45.0. The molecule has 4 heterocycles. The third-order valence-corrected chi connectivity index (χ3v) is 18.2. The van der Waals surface area contributed by atoms with Gasteiger partial charge < -0.3 is 23.2 Å². The van der Waals surface area contributed by atoms with Crippen molar-refractivity contribution in [3.63, 3.8) is 0 Å². The van der Waals surface area contributed by atoms with Crippen molar-refractivity contribution < 1.29 is 8.83 Å². The van der Waals surface area contributed by atoms with Gasteiger partial charge in [0.25, 0.3) is 0 Å². The van der Waals surface area contributed by atoms with E-state index in [4.69, 9.17) is 8.83 Å². The lowest BCUT2D eigenvalue weighted by molar-refractivity contribution is 0.668. The SMILES string of the molecule is Cc1ccccc1N(c1cc2c(c3ccccc13)-c1c(cc(N(c3ccccc3C)c3cccc4c3oc3ccccc34)c3ccccc13)C21c2ccccc2-n2c3ccccc3c3cccc1c32)c1cccc2c1oc1ccccc12. The van der Waals surface area contributed by atoms with Gasteiger partial charge in [-0.25, -0.2) is 0 Å². The molecule has 18 rings (SSSR count). The molecule has 13 aromatic carbocycles. The molecular formula is C77H49N3O2. The molecule has 0 unspecified atom stereocenters. The highest BCUT2D eigenvalue weighted by Crippen LogP contribution is 2.66. The molecule has 384 valence electrons. The van der Waals surface area contributed by atoms with Crippen LogP contribution in [0.2, 0.25) is 0 Å². The number of rotatable bonds is 6. The van der Waals surface area contributed by atoms with E-state index in [2.05, 4.69) is 289 Å². The van der Waals surface area contributed by atoms with Crippen LogP contribution >= 0.6 is 0 Å². The van der Waals surface area contributed by atoms with Crippen molar-refractivity contribution in [1.29, 1.82) is 0 Å². The molecule has 0 bridgehead atoms. The topological polar surface area (TPSA) is 37.7 Å². The van der Waals surface area contributed by atoms with Gasteiger partial charge in [-0.3, -0.25) is 0 Å². The molecule has 16 aromatic rings. The summed E-state index contributed by atoms with van der Waals surface area (Å²) < 4.78 is 16.6. The summed E-state index contributed by atoms with van der Waals surface area (Å²) in [5.41, 5.74) is 22.1. The summed E-state index contributed by atoms with van der Waals surface area (Å²) in [5.74, 6) is 0. The Morgan fingerprint density at radius 2 is 0.707 bits per heavy atom. The lowest BCUT2D eigenvalue weighted by Crippen LogP contribution is -2.34. The van der Waals surface area contributed by atoms with E-state index in [1.807, 2.05) is 0 Å². The Bertz CT molecular complexity index is 5170. The number of hydrogen-bond acceptors (Lipinski definition) is 4. The quantitative estimate of drug-likeness (QED) is 0.166. The second-order valence-electron chi connectivity index (χ2n) is 22.3. The van der Waals surface area contributed by atoms with Crippen LogP contribution in [0.1, 0.15) is 33.4 Å². The number of nitrogens with zero attached hydrogens (tertiary/aromatic N) is 3. The van der Waals surface area contributed by atoms with E-state index in [1.54, 1.807) is 0 Å². The summed E-state index contributed by atoms with van der Waals surface area (Å²) in [6.45, 7) is 4.45. The van der Waals surface area contributed by atoms with Gasteiger partial charge in [-0.15, -0.1) is 0 Å². The molecule has 0 radical (unpaired) electrons. The normalized spacial score (nSPS) is 13.1. The fraction of sp³-hybridized carbons (Fsp3) is 0.0390. The fourth-order valence-electron chi connectivity index (χ4n) is 14.9. The Labute approximate surface area is 472 Å². The first kappa shape index (κ1) is 45.3. The molecule has 0 amide bonds. The van der Waals surface area contributed by atoms with Crippen molar-refractivity contribution >= 4 is 121 Å². The second-order valence-corrected chi connectivity index (χ2v) is 22.3. The summed E-state index contributed by atoms with van der Waals surface area (Å²) in [4.78, 5) is 4.98. The van der Waals surface area contributed by atoms with Crippen LogP contribution in [0.5, 0.6) is 0 Å². The van der Waals surface area contributed by atoms with Gasteiger partial charge in [0, 0.05) is 54.5 Å². The largest absolute Gasteiger partial charge is 0.454 e. The van der Waals surface area contributed by atoms with Crippen LogP contribution in [-0.2, 0) is 5.41 Å². The lowest BCUT2D eigenvalue weighted by atomic mass is 9.65. The molecule has 2 aliphatic rings. The summed E-state index contributed by atoms with van der Waals surface area (Å²) >= 11 is 0. The van der Waals surface area contributed by atoms with E-state index in [9.17, 15) is 0 Å². The van der Waals surface area contributed by atoms with Gasteiger partial charge >= 0.3 is 0 Å². The Morgan fingerprint density at radius 3 is 1.27 bits per heavy atom. The molecule has 5 nitrogen and oxygen atoms in total. The van der Waals surface area contributed by atoms with Crippen LogP contribution in [0.3, 0.4) is 0 Å². The molecular weight excluding hydrogens is 999 g/mol. The molecule has 5 heteroatoms. The first-order valence-electron chi connectivity index (χ1n) is 28.3. The van der Waals surface area contributed by atoms with Gasteiger partial charge in [0.05, 0.1) is 44.9 Å². The van der Waals surface area contributed by atoms with E-state index in [1.165, 1.54) is 71.6 Å². The Morgan fingerprint density at radius 1 is 0.305 bits per heavy atom. The average molecular weight is 1050 g/mol. The molecule has 82 heavy (non-hydrogen) atoms. The summed E-state index contributed by atoms with van der Waals surface area (Å²) in [6, 6.07) is 96.3. The molecule has 0 fully saturated rings. The van der Waals surface area contributed by atoms with Crippen LogP contribution in [0, 0.1) is 13.8 Å². The summed E-state index contributed by atoms with van der Waals surface area (Å²) in [6.07, 6.45) is 0. The number of aromatic nitrogens is 1. The minimum absolute atomic E-state index is 0.846. The maximum Gasteiger partial charge on any atom is 0.159 e. The number of hydrogen-bond donors (Lipinski definition) is 0. The van der Waals surface area contributed by atoms with Crippen LogP contribution in [0.25, 0.3) is 104 Å². The predicted molar refractivity (Wildman–Crippen MR) is 340 cm³/mol. The van der Waals surface area contributed by atoms with Crippen molar-refractivity contribution in [2.24, 2.45) is 0 Å². The van der Waals surface area contributed by atoms with Crippen molar-refractivity contribution in [3.05, 3.63) is 294 Å². The van der Waals surface area contributed by atoms with Gasteiger partial charge in [0.15, 0.2) is 11.2 Å². The second kappa shape index (κ2) is 16.7. The van der Waals surface area contributed by atoms with Gasteiger partial charge in [-0.05, 0) is 130 Å². The fourth-order valence-corrected chi connectivity index (χ4v) is 14.9. The zero-order valence-electron chi connectivity index (χ0n) is 45.0. The van der Waals surface area contributed by atoms with E-state index >= 15 is 0 Å². The number of fused-ring (bicyclic) bond motifs is 22. The maximum absolute atomic E-state index is 7.02. The van der Waals surface area contributed by atoms with Gasteiger partial charge in [0.1, 0.15) is 11.2 Å². The average Bonchev–Trinajstić information content (AvgIpc) is 1.59. The van der Waals surface area contributed by atoms with Crippen molar-refractivity contribution in [3.8, 4) is 16.8 Å². The lowest BCUT2D eigenvalue weighted by Gasteiger charge is -2.40. The third-order valence-electron chi connectivity index (χ3n) is 18.2. The first-order valence-corrected chi connectivity index (χ1v) is 28.3. The number of para-hydroxylation sites is 9. The highest BCUT2D eigenvalue weighted by atomic mass is 16.3. The Balaban J connectivity index is 1.04.